The molecule has 0 spiro atoms. The molecule has 3 aromatic heterocycles. The lowest BCUT2D eigenvalue weighted by Gasteiger charge is -2.44. The zero-order valence-corrected chi connectivity index (χ0v) is 26.2. The number of aromatic nitrogens is 5. The lowest BCUT2D eigenvalue weighted by molar-refractivity contribution is -0.0831. The Bertz CT molecular complexity index is 1930. The number of pyridine rings is 1. The Morgan fingerprint density at radius 3 is 2.54 bits per heavy atom. The van der Waals surface area contributed by atoms with Gasteiger partial charge < -0.3 is 35.5 Å². The van der Waals surface area contributed by atoms with Crippen LogP contribution in [0.3, 0.4) is 0 Å². The molecule has 0 amide bonds. The highest BCUT2D eigenvalue weighted by Gasteiger charge is 2.43. The molecule has 2 atom stereocenters. The predicted octanol–water partition coefficient (Wildman–Crippen LogP) is 4.91. The van der Waals surface area contributed by atoms with Crippen molar-refractivity contribution in [2.75, 3.05) is 23.7 Å². The van der Waals surface area contributed by atoms with Crippen molar-refractivity contribution in [1.29, 1.82) is 0 Å². The van der Waals surface area contributed by atoms with Crippen molar-refractivity contribution >= 4 is 22.7 Å². The standard InChI is InChI=1S/C33H34F4N8O3/c1-32(2,47-20-7-4-3-5-8-20)48-26-13-22(34)21(12-23(26)35)24-11-19(15-45-18-43-27-30(38)41-17-42-31(27)45)25(14-40-24)44-10-6-9-33(39,16-44)28(46)29(36)37/h3-5,7-8,11-14,17-18,28-29,46H,6,9-10,15-16,39H2,1-2H3,(H2,38,41,42)/t28-,33-/m1/s1. The van der Waals surface area contributed by atoms with Crippen molar-refractivity contribution < 1.29 is 32.1 Å². The quantitative estimate of drug-likeness (QED) is 0.139. The zero-order chi connectivity index (χ0) is 34.2. The number of nitrogen functional groups attached to an aromatic ring is 1. The van der Waals surface area contributed by atoms with E-state index in [1.54, 1.807) is 53.6 Å². The van der Waals surface area contributed by atoms with Crippen LogP contribution in [0.4, 0.5) is 29.1 Å². The molecule has 0 aliphatic carbocycles. The number of nitrogens with two attached hydrogens (primary N) is 2. The van der Waals surface area contributed by atoms with E-state index in [-0.39, 0.29) is 42.3 Å². The summed E-state index contributed by atoms with van der Waals surface area (Å²) in [6.45, 7) is 3.60. The Labute approximate surface area is 273 Å². The largest absolute Gasteiger partial charge is 0.453 e. The molecule has 5 aromatic rings. The summed E-state index contributed by atoms with van der Waals surface area (Å²) in [6, 6.07) is 12.3. The molecule has 1 aliphatic rings. The first kappa shape index (κ1) is 32.9. The number of alkyl halides is 2. The second-order valence-electron chi connectivity index (χ2n) is 12.2. The summed E-state index contributed by atoms with van der Waals surface area (Å²) in [6.07, 6.45) is -0.217. The minimum atomic E-state index is -3.03. The van der Waals surface area contributed by atoms with Gasteiger partial charge in [-0.3, -0.25) is 4.98 Å². The molecule has 252 valence electrons. The third-order valence-corrected chi connectivity index (χ3v) is 8.22. The van der Waals surface area contributed by atoms with Crippen molar-refractivity contribution in [3.8, 4) is 22.8 Å². The Morgan fingerprint density at radius 1 is 1.02 bits per heavy atom. The first-order valence-corrected chi connectivity index (χ1v) is 15.2. The summed E-state index contributed by atoms with van der Waals surface area (Å²) in [4.78, 5) is 18.8. The molecule has 0 bridgehead atoms. The van der Waals surface area contributed by atoms with Gasteiger partial charge in [0, 0.05) is 38.6 Å². The molecule has 0 radical (unpaired) electrons. The highest BCUT2D eigenvalue weighted by molar-refractivity contribution is 5.81. The van der Waals surface area contributed by atoms with Crippen LogP contribution < -0.4 is 25.8 Å². The van der Waals surface area contributed by atoms with Crippen LogP contribution in [0.1, 0.15) is 32.3 Å². The maximum Gasteiger partial charge on any atom is 0.265 e. The molecule has 11 nitrogen and oxygen atoms in total. The molecular formula is C33H34F4N8O3. The number of halogens is 4. The average molecular weight is 667 g/mol. The summed E-state index contributed by atoms with van der Waals surface area (Å²) in [5, 5.41) is 10.3. The van der Waals surface area contributed by atoms with Crippen LogP contribution in [0.2, 0.25) is 0 Å². The molecule has 48 heavy (non-hydrogen) atoms. The van der Waals surface area contributed by atoms with Crippen molar-refractivity contribution in [3.63, 3.8) is 0 Å². The van der Waals surface area contributed by atoms with Crippen molar-refractivity contribution in [2.45, 2.75) is 57.1 Å². The molecule has 1 saturated heterocycles. The van der Waals surface area contributed by atoms with E-state index in [0.717, 1.165) is 12.1 Å². The number of ether oxygens (including phenoxy) is 2. The molecular weight excluding hydrogens is 632 g/mol. The summed E-state index contributed by atoms with van der Waals surface area (Å²) < 4.78 is 71.5. The number of rotatable bonds is 10. The fraction of sp³-hybridized carbons (Fsp3) is 0.333. The second-order valence-corrected chi connectivity index (χ2v) is 12.2. The highest BCUT2D eigenvalue weighted by atomic mass is 19.3. The molecule has 4 heterocycles. The topological polar surface area (TPSA) is 150 Å². The fourth-order valence-electron chi connectivity index (χ4n) is 5.92. The van der Waals surface area contributed by atoms with E-state index in [1.807, 2.05) is 6.07 Å². The Balaban J connectivity index is 1.36. The number of nitrogens with zero attached hydrogens (tertiary/aromatic N) is 6. The summed E-state index contributed by atoms with van der Waals surface area (Å²) in [5.74, 6) is -2.69. The molecule has 0 unspecified atom stereocenters. The van der Waals surface area contributed by atoms with Crippen LogP contribution in [0.15, 0.2) is 67.4 Å². The molecule has 6 rings (SSSR count). The maximum absolute atomic E-state index is 15.7. The number of piperidine rings is 1. The van der Waals surface area contributed by atoms with Crippen LogP contribution in [0, 0.1) is 11.6 Å². The minimum Gasteiger partial charge on any atom is -0.453 e. The predicted molar refractivity (Wildman–Crippen MR) is 171 cm³/mol. The van der Waals surface area contributed by atoms with E-state index in [4.69, 9.17) is 20.9 Å². The minimum absolute atomic E-state index is 0.0950. The maximum atomic E-state index is 15.7. The Morgan fingerprint density at radius 2 is 1.79 bits per heavy atom. The zero-order valence-electron chi connectivity index (χ0n) is 26.2. The van der Waals surface area contributed by atoms with Gasteiger partial charge >= 0.3 is 0 Å². The van der Waals surface area contributed by atoms with Gasteiger partial charge in [-0.25, -0.2) is 32.5 Å². The van der Waals surface area contributed by atoms with Crippen LogP contribution in [0.5, 0.6) is 11.5 Å². The van der Waals surface area contributed by atoms with Gasteiger partial charge in [-0.15, -0.1) is 0 Å². The average Bonchev–Trinajstić information content (AvgIpc) is 3.46. The van der Waals surface area contributed by atoms with Crippen LogP contribution >= 0.6 is 0 Å². The van der Waals surface area contributed by atoms with Gasteiger partial charge in [0.25, 0.3) is 6.43 Å². The van der Waals surface area contributed by atoms with Gasteiger partial charge in [0.2, 0.25) is 5.79 Å². The third kappa shape index (κ3) is 6.69. The number of fused-ring (bicyclic) bond motifs is 1. The van der Waals surface area contributed by atoms with E-state index < -0.39 is 35.5 Å². The lowest BCUT2D eigenvalue weighted by Crippen LogP contribution is -2.63. The third-order valence-electron chi connectivity index (χ3n) is 8.22. The van der Waals surface area contributed by atoms with E-state index in [9.17, 15) is 13.9 Å². The number of hydrogen-bond acceptors (Lipinski definition) is 10. The molecule has 15 heteroatoms. The Kier molecular flexibility index (Phi) is 8.83. The van der Waals surface area contributed by atoms with Crippen LogP contribution in [0.25, 0.3) is 22.4 Å². The molecule has 2 aromatic carbocycles. The van der Waals surface area contributed by atoms with Crippen molar-refractivity contribution in [3.05, 3.63) is 84.6 Å². The number of para-hydroxylation sites is 1. The van der Waals surface area contributed by atoms with E-state index in [1.165, 1.54) is 18.9 Å². The van der Waals surface area contributed by atoms with Crippen molar-refractivity contribution in [1.82, 2.24) is 24.5 Å². The highest BCUT2D eigenvalue weighted by Crippen LogP contribution is 2.36. The number of imidazole rings is 1. The first-order valence-electron chi connectivity index (χ1n) is 15.2. The van der Waals surface area contributed by atoms with Gasteiger partial charge in [-0.1, -0.05) is 18.2 Å². The summed E-state index contributed by atoms with van der Waals surface area (Å²) in [7, 11) is 0. The summed E-state index contributed by atoms with van der Waals surface area (Å²) in [5.41, 5.74) is 12.5. The van der Waals surface area contributed by atoms with Crippen LogP contribution in [-0.4, -0.2) is 66.6 Å². The van der Waals surface area contributed by atoms with E-state index in [0.29, 0.717) is 41.1 Å². The molecule has 1 aliphatic heterocycles. The number of aliphatic hydroxyl groups excluding tert-OH is 1. The summed E-state index contributed by atoms with van der Waals surface area (Å²) >= 11 is 0. The fourth-order valence-corrected chi connectivity index (χ4v) is 5.92. The first-order chi connectivity index (χ1) is 22.8. The second kappa shape index (κ2) is 12.9. The molecule has 1 fully saturated rings. The number of benzene rings is 2. The Hall–Kier alpha value is -5.02. The lowest BCUT2D eigenvalue weighted by atomic mass is 9.84. The number of aliphatic hydroxyl groups is 1. The van der Waals surface area contributed by atoms with Gasteiger partial charge in [0.15, 0.2) is 23.0 Å². The van der Waals surface area contributed by atoms with Gasteiger partial charge in [0.05, 0.1) is 36.0 Å². The van der Waals surface area contributed by atoms with Gasteiger partial charge in [0.1, 0.15) is 29.5 Å². The van der Waals surface area contributed by atoms with E-state index in [2.05, 4.69) is 19.9 Å². The normalized spacial score (nSPS) is 17.6. The smallest absolute Gasteiger partial charge is 0.265 e. The number of anilines is 2. The SMILES string of the molecule is CC(C)(Oc1ccccc1)Oc1cc(F)c(-c2cc(Cn3cnc4c(N)ncnc43)c(N3CCC[C@](N)([C@H](O)C(F)F)C3)cn2)cc1F. The van der Waals surface area contributed by atoms with E-state index >= 15 is 8.78 Å². The monoisotopic (exact) mass is 666 g/mol. The molecule has 0 saturated carbocycles. The van der Waals surface area contributed by atoms with Gasteiger partial charge in [-0.2, -0.15) is 0 Å². The van der Waals surface area contributed by atoms with Crippen molar-refractivity contribution in [2.24, 2.45) is 5.73 Å². The van der Waals surface area contributed by atoms with Crippen LogP contribution in [-0.2, 0) is 6.54 Å². The van der Waals surface area contributed by atoms with Gasteiger partial charge in [-0.05, 0) is 42.7 Å². The number of hydrogen-bond donors (Lipinski definition) is 3. The molecule has 5 N–H and O–H groups in total.